The molecule has 0 amide bonds. The number of hydrogen-bond donors (Lipinski definition) is 0. The van der Waals surface area contributed by atoms with Crippen molar-refractivity contribution in [3.8, 4) is 6.07 Å². The van der Waals surface area contributed by atoms with E-state index in [-0.39, 0.29) is 10.6 Å². The number of nitro groups is 1. The molecule has 0 N–H and O–H groups in total. The summed E-state index contributed by atoms with van der Waals surface area (Å²) < 4.78 is 0. The van der Waals surface area contributed by atoms with E-state index in [0.29, 0.717) is 11.1 Å². The molecule has 16 heavy (non-hydrogen) atoms. The van der Waals surface area contributed by atoms with Gasteiger partial charge < -0.3 is 0 Å². The van der Waals surface area contributed by atoms with Gasteiger partial charge in [0.2, 0.25) is 0 Å². The highest BCUT2D eigenvalue weighted by Crippen LogP contribution is 2.23. The van der Waals surface area contributed by atoms with Crippen molar-refractivity contribution in [2.45, 2.75) is 25.7 Å². The smallest absolute Gasteiger partial charge is 0.258 e. The van der Waals surface area contributed by atoms with E-state index in [1.807, 2.05) is 6.07 Å². The molecule has 0 unspecified atom stereocenters. The van der Waals surface area contributed by atoms with Crippen molar-refractivity contribution in [1.82, 2.24) is 0 Å². The zero-order valence-corrected chi connectivity index (χ0v) is 10.7. The van der Waals surface area contributed by atoms with Crippen LogP contribution in [-0.2, 0) is 6.04 Å². The van der Waals surface area contributed by atoms with Gasteiger partial charge in [-0.15, -0.1) is 0 Å². The molecule has 0 bridgehead atoms. The van der Waals surface area contributed by atoms with Crippen LogP contribution >= 0.6 is 0 Å². The molecule has 84 valence electrons. The maximum atomic E-state index is 10.8. The van der Waals surface area contributed by atoms with Crippen LogP contribution in [0.1, 0.15) is 11.1 Å². The normalized spacial score (nSPS) is 10.9. The largest absolute Gasteiger partial charge is 0.272 e. The Morgan fingerprint density at radius 2 is 2.06 bits per heavy atom. The zero-order valence-electron chi connectivity index (χ0n) is 9.65. The number of nitro benzene ring substituents is 1. The summed E-state index contributed by atoms with van der Waals surface area (Å²) in [7, 11) is -1.42. The maximum Gasteiger partial charge on any atom is 0.272 e. The highest BCUT2D eigenvalue weighted by atomic mass is 28.3. The fraction of sp³-hybridized carbons (Fsp3) is 0.364. The second-order valence-corrected chi connectivity index (χ2v) is 10.4. The van der Waals surface area contributed by atoms with Gasteiger partial charge in [0, 0.05) is 19.7 Å². The van der Waals surface area contributed by atoms with Crippen LogP contribution in [0.15, 0.2) is 18.2 Å². The van der Waals surface area contributed by atoms with Gasteiger partial charge in [-0.1, -0.05) is 19.6 Å². The fourth-order valence-corrected chi connectivity index (χ4v) is 2.97. The highest BCUT2D eigenvalue weighted by molar-refractivity contribution is 6.75. The summed E-state index contributed by atoms with van der Waals surface area (Å²) in [5, 5.41) is 19.6. The summed E-state index contributed by atoms with van der Waals surface area (Å²) >= 11 is 0. The standard InChI is InChI=1S/C11H14N2O2Si/c1-16(2,3)8-10-6-9(7-12)4-5-11(10)13(14)15/h4-6H,8H2,1-3H3. The Bertz CT molecular complexity index is 458. The Morgan fingerprint density at radius 3 is 2.50 bits per heavy atom. The lowest BCUT2D eigenvalue weighted by molar-refractivity contribution is -0.385. The maximum absolute atomic E-state index is 10.8. The van der Waals surface area contributed by atoms with Gasteiger partial charge in [0.15, 0.2) is 0 Å². The molecule has 0 aromatic heterocycles. The van der Waals surface area contributed by atoms with Crippen molar-refractivity contribution >= 4 is 13.8 Å². The van der Waals surface area contributed by atoms with Crippen molar-refractivity contribution < 1.29 is 4.92 Å². The number of benzene rings is 1. The van der Waals surface area contributed by atoms with Gasteiger partial charge in [-0.2, -0.15) is 5.26 Å². The van der Waals surface area contributed by atoms with Crippen LogP contribution in [0.2, 0.25) is 19.6 Å². The van der Waals surface area contributed by atoms with E-state index in [9.17, 15) is 10.1 Å². The Labute approximate surface area is 95.7 Å². The molecule has 0 spiro atoms. The molecule has 0 aliphatic rings. The molecule has 1 aromatic carbocycles. The molecule has 4 nitrogen and oxygen atoms in total. The predicted octanol–water partition coefficient (Wildman–Crippen LogP) is 2.89. The van der Waals surface area contributed by atoms with E-state index in [1.54, 1.807) is 6.07 Å². The lowest BCUT2D eigenvalue weighted by Gasteiger charge is -2.15. The summed E-state index contributed by atoms with van der Waals surface area (Å²) in [5.74, 6) is 0. The minimum absolute atomic E-state index is 0.126. The van der Waals surface area contributed by atoms with Crippen molar-refractivity contribution in [2.24, 2.45) is 0 Å². The zero-order chi connectivity index (χ0) is 12.3. The first kappa shape index (κ1) is 12.4. The molecule has 0 atom stereocenters. The van der Waals surface area contributed by atoms with Crippen LogP contribution in [0, 0.1) is 21.4 Å². The first-order chi connectivity index (χ1) is 7.33. The number of hydrogen-bond acceptors (Lipinski definition) is 3. The van der Waals surface area contributed by atoms with Gasteiger partial charge in [0.1, 0.15) is 0 Å². The Hall–Kier alpha value is -1.67. The molecule has 0 aliphatic heterocycles. The van der Waals surface area contributed by atoms with Crippen molar-refractivity contribution in [1.29, 1.82) is 5.26 Å². The van der Waals surface area contributed by atoms with Crippen molar-refractivity contribution in [2.75, 3.05) is 0 Å². The second-order valence-electron chi connectivity index (χ2n) is 4.95. The predicted molar refractivity (Wildman–Crippen MR) is 64.9 cm³/mol. The van der Waals surface area contributed by atoms with Gasteiger partial charge in [0.25, 0.3) is 5.69 Å². The second kappa shape index (κ2) is 4.45. The third-order valence-corrected chi connectivity index (χ3v) is 3.57. The lowest BCUT2D eigenvalue weighted by atomic mass is 10.1. The summed E-state index contributed by atoms with van der Waals surface area (Å²) in [4.78, 5) is 10.5. The lowest BCUT2D eigenvalue weighted by Crippen LogP contribution is -2.24. The van der Waals surface area contributed by atoms with Crippen molar-refractivity contribution in [3.05, 3.63) is 39.4 Å². The van der Waals surface area contributed by atoms with Crippen LogP contribution < -0.4 is 0 Å². The molecule has 1 rings (SSSR count). The van der Waals surface area contributed by atoms with Crippen LogP contribution in [0.4, 0.5) is 5.69 Å². The monoisotopic (exact) mass is 234 g/mol. The van der Waals surface area contributed by atoms with Crippen LogP contribution in [-0.4, -0.2) is 13.0 Å². The number of nitriles is 1. The molecular formula is C11H14N2O2Si. The van der Waals surface area contributed by atoms with E-state index >= 15 is 0 Å². The van der Waals surface area contributed by atoms with Gasteiger partial charge in [-0.3, -0.25) is 10.1 Å². The Kier molecular flexibility index (Phi) is 3.45. The quantitative estimate of drug-likeness (QED) is 0.459. The summed E-state index contributed by atoms with van der Waals surface area (Å²) in [6.07, 6.45) is 0. The molecular weight excluding hydrogens is 220 g/mol. The van der Waals surface area contributed by atoms with Gasteiger partial charge in [0.05, 0.1) is 16.6 Å². The molecule has 5 heteroatoms. The van der Waals surface area contributed by atoms with E-state index in [0.717, 1.165) is 6.04 Å². The molecule has 0 heterocycles. The van der Waals surface area contributed by atoms with Crippen LogP contribution in [0.3, 0.4) is 0 Å². The minimum Gasteiger partial charge on any atom is -0.258 e. The van der Waals surface area contributed by atoms with Gasteiger partial charge >= 0.3 is 0 Å². The molecule has 0 radical (unpaired) electrons. The SMILES string of the molecule is C[Si](C)(C)Cc1cc(C#N)ccc1[N+](=O)[O-]. The van der Waals surface area contributed by atoms with E-state index in [4.69, 9.17) is 5.26 Å². The Morgan fingerprint density at radius 1 is 1.44 bits per heavy atom. The fourth-order valence-electron chi connectivity index (χ4n) is 1.55. The average Bonchev–Trinajstić information content (AvgIpc) is 2.14. The number of rotatable bonds is 3. The first-order valence-corrected chi connectivity index (χ1v) is 8.71. The van der Waals surface area contributed by atoms with E-state index in [1.165, 1.54) is 12.1 Å². The van der Waals surface area contributed by atoms with E-state index in [2.05, 4.69) is 19.6 Å². The van der Waals surface area contributed by atoms with Gasteiger partial charge in [-0.05, 0) is 18.2 Å². The Balaban J connectivity index is 3.22. The molecule has 0 fully saturated rings. The first-order valence-electron chi connectivity index (χ1n) is 5.01. The molecule has 1 aromatic rings. The summed E-state index contributed by atoms with van der Waals surface area (Å²) in [5.41, 5.74) is 1.29. The van der Waals surface area contributed by atoms with Gasteiger partial charge in [-0.25, -0.2) is 0 Å². The third-order valence-electron chi connectivity index (χ3n) is 2.13. The summed E-state index contributed by atoms with van der Waals surface area (Å²) in [6.45, 7) is 6.45. The molecule has 0 aliphatic carbocycles. The van der Waals surface area contributed by atoms with Crippen LogP contribution in [0.25, 0.3) is 0 Å². The molecule has 0 saturated heterocycles. The minimum atomic E-state index is -1.42. The number of nitrogens with zero attached hydrogens (tertiary/aromatic N) is 2. The third kappa shape index (κ3) is 3.17. The highest BCUT2D eigenvalue weighted by Gasteiger charge is 2.21. The average molecular weight is 234 g/mol. The molecule has 0 saturated carbocycles. The van der Waals surface area contributed by atoms with E-state index < -0.39 is 8.07 Å². The van der Waals surface area contributed by atoms with Crippen LogP contribution in [0.5, 0.6) is 0 Å². The topological polar surface area (TPSA) is 66.9 Å². The van der Waals surface area contributed by atoms with Crippen molar-refractivity contribution in [3.63, 3.8) is 0 Å². The summed E-state index contributed by atoms with van der Waals surface area (Å²) in [6, 6.07) is 7.29.